The van der Waals surface area contributed by atoms with Crippen molar-refractivity contribution >= 4 is 11.6 Å². The number of aromatic nitrogens is 2. The Kier molecular flexibility index (Phi) is 3.57. The number of nitrogens with one attached hydrogen (secondary N) is 2. The maximum absolute atomic E-state index is 13.2. The molecule has 0 saturated carbocycles. The smallest absolute Gasteiger partial charge is 0.251 e. The predicted molar refractivity (Wildman–Crippen MR) is 65.4 cm³/mol. The van der Waals surface area contributed by atoms with Gasteiger partial charge >= 0.3 is 0 Å². The van der Waals surface area contributed by atoms with E-state index < -0.39 is 5.82 Å². The number of carbonyl (C=O) groups is 1. The molecule has 0 aliphatic heterocycles. The fourth-order valence-electron chi connectivity index (χ4n) is 1.50. The van der Waals surface area contributed by atoms with E-state index in [0.29, 0.717) is 13.0 Å². The van der Waals surface area contributed by atoms with E-state index in [9.17, 15) is 9.18 Å². The Bertz CT molecular complexity index is 539. The molecule has 0 bridgehead atoms. The number of imidazole rings is 1. The van der Waals surface area contributed by atoms with E-state index in [-0.39, 0.29) is 17.2 Å². The highest BCUT2D eigenvalue weighted by Crippen LogP contribution is 2.11. The van der Waals surface area contributed by atoms with Gasteiger partial charge in [0.25, 0.3) is 5.91 Å². The van der Waals surface area contributed by atoms with Gasteiger partial charge in [-0.3, -0.25) is 4.79 Å². The van der Waals surface area contributed by atoms with E-state index >= 15 is 0 Å². The zero-order valence-electron chi connectivity index (χ0n) is 9.61. The molecule has 2 aromatic rings. The lowest BCUT2D eigenvalue weighted by molar-refractivity contribution is 0.0953. The van der Waals surface area contributed by atoms with Gasteiger partial charge in [-0.1, -0.05) is 0 Å². The normalized spacial score (nSPS) is 10.3. The summed E-state index contributed by atoms with van der Waals surface area (Å²) in [5.74, 6) is -0.132. The van der Waals surface area contributed by atoms with Gasteiger partial charge in [-0.25, -0.2) is 9.37 Å². The SMILES string of the molecule is Nc1ccc(C(=O)NCCc2ncc[nH]2)cc1F. The summed E-state index contributed by atoms with van der Waals surface area (Å²) in [6.45, 7) is 0.429. The average molecular weight is 248 g/mol. The van der Waals surface area contributed by atoms with Crippen molar-refractivity contribution in [2.75, 3.05) is 12.3 Å². The Labute approximate surface area is 103 Å². The molecule has 0 aliphatic carbocycles. The lowest BCUT2D eigenvalue weighted by atomic mass is 10.2. The lowest BCUT2D eigenvalue weighted by Crippen LogP contribution is -2.26. The van der Waals surface area contributed by atoms with Gasteiger partial charge in [0.1, 0.15) is 11.6 Å². The molecule has 0 saturated heterocycles. The molecule has 0 fully saturated rings. The molecular weight excluding hydrogens is 235 g/mol. The maximum atomic E-state index is 13.2. The number of hydrogen-bond acceptors (Lipinski definition) is 3. The first kappa shape index (κ1) is 12.1. The van der Waals surface area contributed by atoms with Crippen molar-refractivity contribution in [3.05, 3.63) is 47.8 Å². The third kappa shape index (κ3) is 2.85. The average Bonchev–Trinajstić information content (AvgIpc) is 2.85. The highest BCUT2D eigenvalue weighted by atomic mass is 19.1. The van der Waals surface area contributed by atoms with Crippen LogP contribution in [0, 0.1) is 5.82 Å². The number of nitrogens with zero attached hydrogens (tertiary/aromatic N) is 1. The minimum absolute atomic E-state index is 0.0298. The summed E-state index contributed by atoms with van der Waals surface area (Å²) in [6.07, 6.45) is 3.95. The molecule has 1 heterocycles. The van der Waals surface area contributed by atoms with Gasteiger partial charge in [-0.2, -0.15) is 0 Å². The number of H-pyrrole nitrogens is 1. The molecule has 0 radical (unpaired) electrons. The minimum atomic E-state index is -0.589. The number of aromatic amines is 1. The van der Waals surface area contributed by atoms with Crippen LogP contribution >= 0.6 is 0 Å². The first-order valence-corrected chi connectivity index (χ1v) is 5.48. The van der Waals surface area contributed by atoms with Crippen LogP contribution in [-0.2, 0) is 6.42 Å². The summed E-state index contributed by atoms with van der Waals surface area (Å²) in [7, 11) is 0. The number of benzene rings is 1. The minimum Gasteiger partial charge on any atom is -0.396 e. The Morgan fingerprint density at radius 2 is 2.33 bits per heavy atom. The number of halogens is 1. The van der Waals surface area contributed by atoms with E-state index in [1.165, 1.54) is 12.1 Å². The number of nitrogen functional groups attached to an aromatic ring is 1. The Morgan fingerprint density at radius 1 is 1.50 bits per heavy atom. The molecule has 0 unspecified atom stereocenters. The molecule has 1 amide bonds. The van der Waals surface area contributed by atoms with Crippen molar-refractivity contribution < 1.29 is 9.18 Å². The van der Waals surface area contributed by atoms with Gasteiger partial charge in [0.2, 0.25) is 0 Å². The Morgan fingerprint density at radius 3 is 3.00 bits per heavy atom. The van der Waals surface area contributed by atoms with Gasteiger partial charge in [-0.15, -0.1) is 0 Å². The second kappa shape index (κ2) is 5.31. The Hall–Kier alpha value is -2.37. The molecule has 6 heteroatoms. The molecule has 5 nitrogen and oxygen atoms in total. The number of rotatable bonds is 4. The maximum Gasteiger partial charge on any atom is 0.251 e. The van der Waals surface area contributed by atoms with Crippen LogP contribution in [-0.4, -0.2) is 22.4 Å². The zero-order valence-corrected chi connectivity index (χ0v) is 9.61. The van der Waals surface area contributed by atoms with E-state index in [2.05, 4.69) is 15.3 Å². The van der Waals surface area contributed by atoms with Crippen LogP contribution in [0.25, 0.3) is 0 Å². The third-order valence-electron chi connectivity index (χ3n) is 2.46. The number of anilines is 1. The number of carbonyl (C=O) groups excluding carboxylic acids is 1. The van der Waals surface area contributed by atoms with Crippen LogP contribution in [0.5, 0.6) is 0 Å². The Balaban J connectivity index is 1.89. The molecule has 1 aromatic carbocycles. The van der Waals surface area contributed by atoms with E-state index in [0.717, 1.165) is 11.9 Å². The molecule has 1 aromatic heterocycles. The van der Waals surface area contributed by atoms with Gasteiger partial charge in [0.15, 0.2) is 0 Å². The quantitative estimate of drug-likeness (QED) is 0.708. The van der Waals surface area contributed by atoms with E-state index in [1.54, 1.807) is 12.4 Å². The third-order valence-corrected chi connectivity index (χ3v) is 2.46. The van der Waals surface area contributed by atoms with Crippen molar-refractivity contribution in [2.24, 2.45) is 0 Å². The van der Waals surface area contributed by atoms with Crippen molar-refractivity contribution in [2.45, 2.75) is 6.42 Å². The molecular formula is C12H13FN4O. The standard InChI is InChI=1S/C12H13FN4O/c13-9-7-8(1-2-10(9)14)12(18)17-4-3-11-15-5-6-16-11/h1-2,5-7H,3-4,14H2,(H,15,16)(H,17,18). The molecule has 18 heavy (non-hydrogen) atoms. The van der Waals surface area contributed by atoms with Crippen molar-refractivity contribution in [3.8, 4) is 0 Å². The lowest BCUT2D eigenvalue weighted by Gasteiger charge is -2.05. The molecule has 0 aliphatic rings. The van der Waals surface area contributed by atoms with E-state index in [1.807, 2.05) is 0 Å². The van der Waals surface area contributed by atoms with Crippen LogP contribution in [0.3, 0.4) is 0 Å². The van der Waals surface area contributed by atoms with Crippen LogP contribution in [0.1, 0.15) is 16.2 Å². The van der Waals surface area contributed by atoms with Gasteiger partial charge < -0.3 is 16.0 Å². The fourth-order valence-corrected chi connectivity index (χ4v) is 1.50. The predicted octanol–water partition coefficient (Wildman–Crippen LogP) is 1.10. The largest absolute Gasteiger partial charge is 0.396 e. The molecule has 0 atom stereocenters. The summed E-state index contributed by atoms with van der Waals surface area (Å²) in [6, 6.07) is 3.98. The van der Waals surface area contributed by atoms with Gasteiger partial charge in [-0.05, 0) is 18.2 Å². The van der Waals surface area contributed by atoms with E-state index in [4.69, 9.17) is 5.73 Å². The summed E-state index contributed by atoms with van der Waals surface area (Å²) in [5, 5.41) is 2.68. The van der Waals surface area contributed by atoms with Crippen molar-refractivity contribution in [3.63, 3.8) is 0 Å². The number of hydrogen-bond donors (Lipinski definition) is 3. The summed E-state index contributed by atoms with van der Waals surface area (Å²) in [5.41, 5.74) is 5.61. The highest BCUT2D eigenvalue weighted by molar-refractivity contribution is 5.94. The van der Waals surface area contributed by atoms with Gasteiger partial charge in [0, 0.05) is 30.9 Å². The first-order chi connectivity index (χ1) is 8.66. The van der Waals surface area contributed by atoms with Crippen LogP contribution in [0.2, 0.25) is 0 Å². The highest BCUT2D eigenvalue weighted by Gasteiger charge is 2.08. The number of nitrogens with two attached hydrogens (primary N) is 1. The number of amides is 1. The second-order valence-corrected chi connectivity index (χ2v) is 3.78. The second-order valence-electron chi connectivity index (χ2n) is 3.78. The molecule has 4 N–H and O–H groups in total. The first-order valence-electron chi connectivity index (χ1n) is 5.48. The van der Waals surface area contributed by atoms with Gasteiger partial charge in [0.05, 0.1) is 5.69 Å². The van der Waals surface area contributed by atoms with Crippen LogP contribution in [0.4, 0.5) is 10.1 Å². The summed E-state index contributed by atoms with van der Waals surface area (Å²) in [4.78, 5) is 18.6. The molecule has 94 valence electrons. The van der Waals surface area contributed by atoms with Crippen molar-refractivity contribution in [1.29, 1.82) is 0 Å². The zero-order chi connectivity index (χ0) is 13.0. The van der Waals surface area contributed by atoms with Crippen LogP contribution < -0.4 is 11.1 Å². The topological polar surface area (TPSA) is 83.8 Å². The summed E-state index contributed by atoms with van der Waals surface area (Å²) < 4.78 is 13.2. The molecule has 2 rings (SSSR count). The monoisotopic (exact) mass is 248 g/mol. The van der Waals surface area contributed by atoms with Crippen LogP contribution in [0.15, 0.2) is 30.6 Å². The summed E-state index contributed by atoms with van der Waals surface area (Å²) >= 11 is 0. The molecule has 0 spiro atoms. The van der Waals surface area contributed by atoms with Crippen molar-refractivity contribution in [1.82, 2.24) is 15.3 Å². The fraction of sp³-hybridized carbons (Fsp3) is 0.167.